The largest absolute Gasteiger partial charge is 0.505 e. The molecule has 3 nitrogen and oxygen atoms in total. The third-order valence-electron chi connectivity index (χ3n) is 2.88. The Labute approximate surface area is 113 Å². The van der Waals surface area contributed by atoms with E-state index in [1.807, 2.05) is 30.3 Å². The molecule has 1 aromatic heterocycles. The molecule has 0 aliphatic carbocycles. The van der Waals surface area contributed by atoms with Crippen molar-refractivity contribution < 1.29 is 9.52 Å². The SMILES string of the molecule is O=c1cc(-c2ccccc2)oc2ccc(Cl)c(O)c12. The molecule has 0 aliphatic heterocycles. The molecular weight excluding hydrogens is 264 g/mol. The number of benzene rings is 2. The monoisotopic (exact) mass is 272 g/mol. The standard InChI is InChI=1S/C15H9ClO3/c16-10-6-7-12-14(15(10)18)11(17)8-13(19-12)9-4-2-1-3-5-9/h1-8,18H. The maximum absolute atomic E-state index is 12.1. The number of aromatic hydroxyl groups is 1. The van der Waals surface area contributed by atoms with Gasteiger partial charge < -0.3 is 9.52 Å². The summed E-state index contributed by atoms with van der Waals surface area (Å²) in [5.74, 6) is 0.215. The predicted octanol–water partition coefficient (Wildman–Crippen LogP) is 3.82. The van der Waals surface area contributed by atoms with Gasteiger partial charge in [-0.3, -0.25) is 4.79 Å². The first kappa shape index (κ1) is 11.8. The van der Waals surface area contributed by atoms with Gasteiger partial charge in [0.15, 0.2) is 5.43 Å². The Morgan fingerprint density at radius 2 is 1.79 bits per heavy atom. The van der Waals surface area contributed by atoms with Crippen molar-refractivity contribution in [2.45, 2.75) is 0 Å². The second kappa shape index (κ2) is 4.44. The van der Waals surface area contributed by atoms with E-state index in [0.29, 0.717) is 11.3 Å². The van der Waals surface area contributed by atoms with Crippen LogP contribution in [0.3, 0.4) is 0 Å². The summed E-state index contributed by atoms with van der Waals surface area (Å²) >= 11 is 5.79. The first-order valence-corrected chi connectivity index (χ1v) is 6.05. The topological polar surface area (TPSA) is 50.4 Å². The van der Waals surface area contributed by atoms with E-state index in [4.69, 9.17) is 16.0 Å². The highest BCUT2D eigenvalue weighted by Gasteiger charge is 2.12. The molecule has 2 aromatic carbocycles. The average Bonchev–Trinajstić information content (AvgIpc) is 2.43. The van der Waals surface area contributed by atoms with Crippen molar-refractivity contribution >= 4 is 22.6 Å². The summed E-state index contributed by atoms with van der Waals surface area (Å²) in [6.45, 7) is 0. The molecule has 4 heteroatoms. The van der Waals surface area contributed by atoms with Crippen LogP contribution in [0.2, 0.25) is 5.02 Å². The van der Waals surface area contributed by atoms with Gasteiger partial charge in [0, 0.05) is 11.6 Å². The second-order valence-electron chi connectivity index (χ2n) is 4.11. The minimum absolute atomic E-state index is 0.104. The van der Waals surface area contributed by atoms with Gasteiger partial charge in [-0.15, -0.1) is 0 Å². The van der Waals surface area contributed by atoms with Gasteiger partial charge in [-0.1, -0.05) is 41.9 Å². The van der Waals surface area contributed by atoms with Gasteiger partial charge in [-0.25, -0.2) is 0 Å². The summed E-state index contributed by atoms with van der Waals surface area (Å²) < 4.78 is 5.65. The van der Waals surface area contributed by atoms with Crippen molar-refractivity contribution in [1.29, 1.82) is 0 Å². The quantitative estimate of drug-likeness (QED) is 0.733. The van der Waals surface area contributed by atoms with Gasteiger partial charge in [0.1, 0.15) is 22.5 Å². The molecule has 0 saturated carbocycles. The average molecular weight is 273 g/mol. The van der Waals surface area contributed by atoms with Crippen LogP contribution in [0.4, 0.5) is 0 Å². The van der Waals surface area contributed by atoms with Gasteiger partial charge in [0.05, 0.1) is 5.02 Å². The molecule has 0 atom stereocenters. The molecule has 19 heavy (non-hydrogen) atoms. The predicted molar refractivity (Wildman–Crippen MR) is 74.6 cm³/mol. The summed E-state index contributed by atoms with van der Waals surface area (Å²) in [7, 11) is 0. The highest BCUT2D eigenvalue weighted by atomic mass is 35.5. The van der Waals surface area contributed by atoms with E-state index in [2.05, 4.69) is 0 Å². The van der Waals surface area contributed by atoms with Crippen molar-refractivity contribution in [1.82, 2.24) is 0 Å². The van der Waals surface area contributed by atoms with Crippen LogP contribution in [-0.2, 0) is 0 Å². The molecule has 1 N–H and O–H groups in total. The molecule has 0 spiro atoms. The maximum atomic E-state index is 12.1. The molecule has 0 saturated heterocycles. The molecule has 0 fully saturated rings. The molecule has 94 valence electrons. The Kier molecular flexibility index (Phi) is 2.76. The zero-order valence-electron chi connectivity index (χ0n) is 9.76. The number of hydrogen-bond acceptors (Lipinski definition) is 3. The zero-order chi connectivity index (χ0) is 13.4. The summed E-state index contributed by atoms with van der Waals surface area (Å²) in [6, 6.07) is 13.7. The van der Waals surface area contributed by atoms with Crippen molar-refractivity contribution in [3.05, 3.63) is 63.8 Å². The van der Waals surface area contributed by atoms with E-state index in [9.17, 15) is 9.90 Å². The summed E-state index contributed by atoms with van der Waals surface area (Å²) in [5.41, 5.74) is 0.796. The van der Waals surface area contributed by atoms with Crippen LogP contribution in [0.25, 0.3) is 22.3 Å². The van der Waals surface area contributed by atoms with Gasteiger partial charge in [0.2, 0.25) is 0 Å². The number of phenols is 1. The fraction of sp³-hybridized carbons (Fsp3) is 0. The van der Waals surface area contributed by atoms with Gasteiger partial charge >= 0.3 is 0 Å². The van der Waals surface area contributed by atoms with Crippen LogP contribution < -0.4 is 5.43 Å². The smallest absolute Gasteiger partial charge is 0.197 e. The third kappa shape index (κ3) is 1.98. The summed E-state index contributed by atoms with van der Waals surface area (Å²) in [5, 5.41) is 10.0. The minimum atomic E-state index is -0.319. The van der Waals surface area contributed by atoms with Gasteiger partial charge in [0.25, 0.3) is 0 Å². The van der Waals surface area contributed by atoms with Crippen LogP contribution in [0, 0.1) is 0 Å². The number of hydrogen-bond donors (Lipinski definition) is 1. The first-order chi connectivity index (χ1) is 9.16. The van der Waals surface area contributed by atoms with Crippen molar-refractivity contribution in [3.63, 3.8) is 0 Å². The Morgan fingerprint density at radius 3 is 2.53 bits per heavy atom. The van der Waals surface area contributed by atoms with Crippen molar-refractivity contribution in [3.8, 4) is 17.1 Å². The van der Waals surface area contributed by atoms with E-state index in [-0.39, 0.29) is 21.6 Å². The Hall–Kier alpha value is -2.26. The fourth-order valence-electron chi connectivity index (χ4n) is 1.95. The molecule has 0 bridgehead atoms. The molecule has 3 aromatic rings. The molecule has 0 amide bonds. The minimum Gasteiger partial charge on any atom is -0.505 e. The lowest BCUT2D eigenvalue weighted by atomic mass is 10.1. The van der Waals surface area contributed by atoms with E-state index >= 15 is 0 Å². The maximum Gasteiger partial charge on any atom is 0.197 e. The highest BCUT2D eigenvalue weighted by Crippen LogP contribution is 2.31. The van der Waals surface area contributed by atoms with Crippen molar-refractivity contribution in [2.24, 2.45) is 0 Å². The van der Waals surface area contributed by atoms with Crippen LogP contribution in [-0.4, -0.2) is 5.11 Å². The van der Waals surface area contributed by atoms with E-state index in [1.165, 1.54) is 12.1 Å². The Morgan fingerprint density at radius 1 is 1.05 bits per heavy atom. The Balaban J connectivity index is 2.33. The second-order valence-corrected chi connectivity index (χ2v) is 4.52. The molecule has 3 rings (SSSR count). The lowest BCUT2D eigenvalue weighted by Gasteiger charge is -2.05. The van der Waals surface area contributed by atoms with Crippen LogP contribution in [0.5, 0.6) is 5.75 Å². The van der Waals surface area contributed by atoms with Crippen LogP contribution >= 0.6 is 11.6 Å². The highest BCUT2D eigenvalue weighted by molar-refractivity contribution is 6.33. The molecular formula is C15H9ClO3. The van der Waals surface area contributed by atoms with Crippen LogP contribution in [0.15, 0.2) is 57.7 Å². The van der Waals surface area contributed by atoms with E-state index in [1.54, 1.807) is 6.07 Å². The van der Waals surface area contributed by atoms with Gasteiger partial charge in [-0.2, -0.15) is 0 Å². The van der Waals surface area contributed by atoms with Crippen molar-refractivity contribution in [2.75, 3.05) is 0 Å². The molecule has 0 radical (unpaired) electrons. The lowest BCUT2D eigenvalue weighted by Crippen LogP contribution is -2.00. The number of rotatable bonds is 1. The fourth-order valence-corrected chi connectivity index (χ4v) is 2.11. The van der Waals surface area contributed by atoms with E-state index in [0.717, 1.165) is 5.56 Å². The third-order valence-corrected chi connectivity index (χ3v) is 3.18. The zero-order valence-corrected chi connectivity index (χ0v) is 10.5. The van der Waals surface area contributed by atoms with E-state index < -0.39 is 0 Å². The summed E-state index contributed by atoms with van der Waals surface area (Å²) in [4.78, 5) is 12.1. The molecule has 0 unspecified atom stereocenters. The number of halogens is 1. The summed E-state index contributed by atoms with van der Waals surface area (Å²) in [6.07, 6.45) is 0. The normalized spacial score (nSPS) is 10.8. The van der Waals surface area contributed by atoms with Crippen LogP contribution in [0.1, 0.15) is 0 Å². The first-order valence-electron chi connectivity index (χ1n) is 5.67. The molecule has 1 heterocycles. The number of phenolic OH excluding ortho intramolecular Hbond substituents is 1. The number of fused-ring (bicyclic) bond motifs is 1. The Bertz CT molecular complexity index is 807. The molecule has 0 aliphatic rings. The van der Waals surface area contributed by atoms with Gasteiger partial charge in [-0.05, 0) is 12.1 Å². The lowest BCUT2D eigenvalue weighted by molar-refractivity contribution is 0.480.